The number of halogens is 3. The predicted octanol–water partition coefficient (Wildman–Crippen LogP) is 3.48. The second-order valence-corrected chi connectivity index (χ2v) is 5.50. The fraction of sp³-hybridized carbons (Fsp3) is 0.500. The molecule has 2 rings (SSSR count). The van der Waals surface area contributed by atoms with E-state index in [0.29, 0.717) is 12.1 Å². The monoisotopic (exact) mass is 314 g/mol. The molecule has 6 heteroatoms. The topological polar surface area (TPSA) is 43.4 Å². The number of Topliss-reactive ketones (excluding diaryl/α,β-unsaturated/α-hetero) is 1. The van der Waals surface area contributed by atoms with Gasteiger partial charge in [0.2, 0.25) is 0 Å². The summed E-state index contributed by atoms with van der Waals surface area (Å²) in [6, 6.07) is 1.02. The summed E-state index contributed by atoms with van der Waals surface area (Å²) < 4.78 is 44.4. The number of hydrogen-bond acceptors (Lipinski definition) is 3. The van der Waals surface area contributed by atoms with Crippen LogP contribution in [0.15, 0.2) is 12.1 Å². The van der Waals surface area contributed by atoms with Gasteiger partial charge in [-0.3, -0.25) is 9.59 Å². The zero-order valence-corrected chi connectivity index (χ0v) is 12.0. The van der Waals surface area contributed by atoms with Crippen LogP contribution in [0.2, 0.25) is 0 Å². The molecule has 1 saturated carbocycles. The van der Waals surface area contributed by atoms with Gasteiger partial charge < -0.3 is 4.74 Å². The number of ether oxygens (including phenoxy) is 1. The van der Waals surface area contributed by atoms with E-state index in [-0.39, 0.29) is 11.7 Å². The summed E-state index contributed by atoms with van der Waals surface area (Å²) in [6.07, 6.45) is 3.56. The fourth-order valence-electron chi connectivity index (χ4n) is 2.55. The van der Waals surface area contributed by atoms with E-state index in [2.05, 4.69) is 0 Å². The van der Waals surface area contributed by atoms with Crippen LogP contribution < -0.4 is 0 Å². The maximum absolute atomic E-state index is 13.4. The highest BCUT2D eigenvalue weighted by atomic mass is 19.2. The van der Waals surface area contributed by atoms with E-state index in [1.807, 2.05) is 0 Å². The van der Waals surface area contributed by atoms with Crippen molar-refractivity contribution < 1.29 is 27.5 Å². The van der Waals surface area contributed by atoms with Crippen LogP contribution >= 0.6 is 0 Å². The van der Waals surface area contributed by atoms with E-state index >= 15 is 0 Å². The number of hydrogen-bond donors (Lipinski definition) is 0. The Hall–Kier alpha value is -1.85. The van der Waals surface area contributed by atoms with E-state index in [1.54, 1.807) is 0 Å². The van der Waals surface area contributed by atoms with E-state index in [0.717, 1.165) is 32.1 Å². The van der Waals surface area contributed by atoms with Gasteiger partial charge in [-0.15, -0.1) is 0 Å². The Morgan fingerprint density at radius 3 is 2.32 bits per heavy atom. The summed E-state index contributed by atoms with van der Waals surface area (Å²) in [7, 11) is 0. The quantitative estimate of drug-likeness (QED) is 0.475. The second kappa shape index (κ2) is 7.42. The summed E-state index contributed by atoms with van der Waals surface area (Å²) in [5.41, 5.74) is -0.269. The Labute approximate surface area is 126 Å². The van der Waals surface area contributed by atoms with Gasteiger partial charge in [-0.25, -0.2) is 13.2 Å². The molecule has 1 aliphatic rings. The molecule has 0 spiro atoms. The van der Waals surface area contributed by atoms with Crippen molar-refractivity contribution >= 4 is 11.8 Å². The van der Waals surface area contributed by atoms with E-state index in [9.17, 15) is 22.8 Å². The van der Waals surface area contributed by atoms with Crippen molar-refractivity contribution in [1.29, 1.82) is 0 Å². The lowest BCUT2D eigenvalue weighted by molar-refractivity contribution is -0.152. The first kappa shape index (κ1) is 16.5. The summed E-state index contributed by atoms with van der Waals surface area (Å²) in [6.45, 7) is 0. The van der Waals surface area contributed by atoms with Crippen LogP contribution in [0.5, 0.6) is 0 Å². The highest BCUT2D eigenvalue weighted by Crippen LogP contribution is 2.21. The van der Waals surface area contributed by atoms with Gasteiger partial charge in [-0.2, -0.15) is 0 Å². The summed E-state index contributed by atoms with van der Waals surface area (Å²) in [5, 5.41) is 0. The van der Waals surface area contributed by atoms with E-state index in [4.69, 9.17) is 4.74 Å². The van der Waals surface area contributed by atoms with Gasteiger partial charge in [0.1, 0.15) is 24.1 Å². The fourth-order valence-corrected chi connectivity index (χ4v) is 2.55. The molecule has 0 bridgehead atoms. The third-order valence-electron chi connectivity index (χ3n) is 3.67. The highest BCUT2D eigenvalue weighted by Gasteiger charge is 2.20. The standard InChI is InChI=1S/C16H17F3O3/c17-13-9-15(19)14(18)7-10(13)6-11(20)8-16(21)22-12-4-2-1-3-5-12/h7,9,12H,1-6,8H2. The lowest BCUT2D eigenvalue weighted by atomic mass is 9.98. The molecule has 22 heavy (non-hydrogen) atoms. The Balaban J connectivity index is 1.87. The second-order valence-electron chi connectivity index (χ2n) is 5.50. The number of rotatable bonds is 5. The number of benzene rings is 1. The van der Waals surface area contributed by atoms with Crippen LogP contribution in [0.25, 0.3) is 0 Å². The number of esters is 1. The van der Waals surface area contributed by atoms with Crippen LogP contribution in [0.1, 0.15) is 44.1 Å². The largest absolute Gasteiger partial charge is 0.462 e. The number of ketones is 1. The Bertz CT molecular complexity index is 566. The van der Waals surface area contributed by atoms with Crippen LogP contribution in [0.3, 0.4) is 0 Å². The first-order chi connectivity index (χ1) is 10.5. The Morgan fingerprint density at radius 1 is 1.00 bits per heavy atom. The molecule has 1 aromatic rings. The van der Waals surface area contributed by atoms with Crippen LogP contribution in [-0.2, 0) is 20.7 Å². The lowest BCUT2D eigenvalue weighted by Gasteiger charge is -2.21. The zero-order valence-electron chi connectivity index (χ0n) is 12.0. The molecule has 0 N–H and O–H groups in total. The van der Waals surface area contributed by atoms with Gasteiger partial charge in [-0.1, -0.05) is 6.42 Å². The third kappa shape index (κ3) is 4.58. The molecule has 1 fully saturated rings. The van der Waals surface area contributed by atoms with Gasteiger partial charge >= 0.3 is 5.97 Å². The summed E-state index contributed by atoms with van der Waals surface area (Å²) in [4.78, 5) is 23.4. The van der Waals surface area contributed by atoms with Crippen molar-refractivity contribution in [3.05, 3.63) is 35.1 Å². The Morgan fingerprint density at radius 2 is 1.64 bits per heavy atom. The summed E-state index contributed by atoms with van der Waals surface area (Å²) >= 11 is 0. The molecular formula is C16H17F3O3. The molecule has 0 aliphatic heterocycles. The minimum absolute atomic E-state index is 0.158. The van der Waals surface area contributed by atoms with Gasteiger partial charge in [0.15, 0.2) is 11.6 Å². The molecule has 3 nitrogen and oxygen atoms in total. The lowest BCUT2D eigenvalue weighted by Crippen LogP contribution is -2.23. The average molecular weight is 314 g/mol. The van der Waals surface area contributed by atoms with Crippen molar-refractivity contribution in [2.24, 2.45) is 0 Å². The Kier molecular flexibility index (Phi) is 5.57. The minimum atomic E-state index is -1.31. The van der Waals surface area contributed by atoms with Crippen molar-refractivity contribution in [3.8, 4) is 0 Å². The molecular weight excluding hydrogens is 297 g/mol. The minimum Gasteiger partial charge on any atom is -0.462 e. The van der Waals surface area contributed by atoms with Crippen LogP contribution in [0, 0.1) is 17.5 Å². The first-order valence-electron chi connectivity index (χ1n) is 7.30. The highest BCUT2D eigenvalue weighted by molar-refractivity contribution is 5.96. The molecule has 0 aromatic heterocycles. The molecule has 120 valence electrons. The zero-order chi connectivity index (χ0) is 16.1. The molecule has 0 amide bonds. The molecule has 1 aromatic carbocycles. The first-order valence-corrected chi connectivity index (χ1v) is 7.30. The average Bonchev–Trinajstić information content (AvgIpc) is 2.45. The number of carbonyl (C=O) groups is 2. The van der Waals surface area contributed by atoms with Gasteiger partial charge in [-0.05, 0) is 37.3 Å². The summed E-state index contributed by atoms with van der Waals surface area (Å²) in [5.74, 6) is -4.79. The normalized spacial score (nSPS) is 15.6. The van der Waals surface area contributed by atoms with Crippen molar-refractivity contribution in [1.82, 2.24) is 0 Å². The molecule has 0 heterocycles. The molecule has 0 saturated heterocycles. The van der Waals surface area contributed by atoms with E-state index < -0.39 is 42.0 Å². The van der Waals surface area contributed by atoms with Crippen molar-refractivity contribution in [2.75, 3.05) is 0 Å². The van der Waals surface area contributed by atoms with Gasteiger partial charge in [0.05, 0.1) is 0 Å². The SMILES string of the molecule is O=C(CC(=O)OC1CCCCC1)Cc1cc(F)c(F)cc1F. The third-order valence-corrected chi connectivity index (χ3v) is 3.67. The van der Waals surface area contributed by atoms with Gasteiger partial charge in [0, 0.05) is 12.5 Å². The molecule has 1 aliphatic carbocycles. The smallest absolute Gasteiger partial charge is 0.313 e. The number of carbonyl (C=O) groups excluding carboxylic acids is 2. The van der Waals surface area contributed by atoms with Crippen LogP contribution in [-0.4, -0.2) is 17.9 Å². The molecule has 0 radical (unpaired) electrons. The molecule has 0 unspecified atom stereocenters. The van der Waals surface area contributed by atoms with Crippen molar-refractivity contribution in [3.63, 3.8) is 0 Å². The van der Waals surface area contributed by atoms with Gasteiger partial charge in [0.25, 0.3) is 0 Å². The van der Waals surface area contributed by atoms with E-state index in [1.165, 1.54) is 0 Å². The molecule has 0 atom stereocenters. The predicted molar refractivity (Wildman–Crippen MR) is 72.6 cm³/mol. The maximum Gasteiger partial charge on any atom is 0.313 e. The van der Waals surface area contributed by atoms with Crippen LogP contribution in [0.4, 0.5) is 13.2 Å². The maximum atomic E-state index is 13.4. The van der Waals surface area contributed by atoms with Crippen molar-refractivity contribution in [2.45, 2.75) is 51.0 Å².